The Kier molecular flexibility index (Phi) is 6.79. The molecule has 0 bridgehead atoms. The Morgan fingerprint density at radius 3 is 2.73 bits per heavy atom. The topological polar surface area (TPSA) is 26.3 Å². The Morgan fingerprint density at radius 1 is 1.45 bits per heavy atom. The molecule has 0 aromatic heterocycles. The zero-order valence-corrected chi connectivity index (χ0v) is 7.30. The summed E-state index contributed by atoms with van der Waals surface area (Å²) in [5.74, 6) is -0.233. The van der Waals surface area contributed by atoms with E-state index in [1.54, 1.807) is 6.92 Å². The Balaban J connectivity index is 3.32. The van der Waals surface area contributed by atoms with Gasteiger partial charge in [-0.1, -0.05) is 25.8 Å². The minimum atomic E-state index is -0.233. The second-order valence-corrected chi connectivity index (χ2v) is 2.30. The van der Waals surface area contributed by atoms with Crippen molar-refractivity contribution in [2.75, 3.05) is 6.61 Å². The standard InChI is InChI=1S/C9H16O2/c1-3-5-6-7-8-9(10)11-4-2/h7-8H,3-6H2,1-2H3/b8-7-. The van der Waals surface area contributed by atoms with Crippen LogP contribution in [0.3, 0.4) is 0 Å². The van der Waals surface area contributed by atoms with Crippen molar-refractivity contribution in [3.8, 4) is 0 Å². The van der Waals surface area contributed by atoms with E-state index in [4.69, 9.17) is 4.74 Å². The van der Waals surface area contributed by atoms with E-state index >= 15 is 0 Å². The van der Waals surface area contributed by atoms with Crippen LogP contribution in [0.5, 0.6) is 0 Å². The van der Waals surface area contributed by atoms with Crippen LogP contribution >= 0.6 is 0 Å². The molecule has 0 unspecified atom stereocenters. The van der Waals surface area contributed by atoms with Crippen LogP contribution < -0.4 is 0 Å². The molecule has 64 valence electrons. The summed E-state index contributed by atoms with van der Waals surface area (Å²) in [6.07, 6.45) is 6.62. The highest BCUT2D eigenvalue weighted by atomic mass is 16.5. The van der Waals surface area contributed by atoms with Gasteiger partial charge < -0.3 is 4.74 Å². The molecular formula is C9H16O2. The number of carbonyl (C=O) groups is 1. The number of carbonyl (C=O) groups excluding carboxylic acids is 1. The predicted octanol–water partition coefficient (Wildman–Crippen LogP) is 2.30. The van der Waals surface area contributed by atoms with Crippen molar-refractivity contribution < 1.29 is 9.53 Å². The van der Waals surface area contributed by atoms with Crippen LogP contribution in [0.1, 0.15) is 33.1 Å². The van der Waals surface area contributed by atoms with Crippen molar-refractivity contribution in [3.63, 3.8) is 0 Å². The first-order chi connectivity index (χ1) is 5.31. The summed E-state index contributed by atoms with van der Waals surface area (Å²) >= 11 is 0. The van der Waals surface area contributed by atoms with Crippen LogP contribution in [-0.4, -0.2) is 12.6 Å². The molecule has 0 aromatic carbocycles. The molecule has 0 aliphatic rings. The van der Waals surface area contributed by atoms with Crippen LogP contribution in [0.2, 0.25) is 0 Å². The number of rotatable bonds is 5. The molecule has 0 atom stereocenters. The summed E-state index contributed by atoms with van der Waals surface area (Å²) in [5, 5.41) is 0. The normalized spacial score (nSPS) is 10.4. The third-order valence-electron chi connectivity index (χ3n) is 1.26. The van der Waals surface area contributed by atoms with Gasteiger partial charge in [0.15, 0.2) is 0 Å². The second-order valence-electron chi connectivity index (χ2n) is 2.30. The average molecular weight is 156 g/mol. The van der Waals surface area contributed by atoms with Crippen molar-refractivity contribution in [1.29, 1.82) is 0 Å². The smallest absolute Gasteiger partial charge is 0.330 e. The van der Waals surface area contributed by atoms with Gasteiger partial charge in [-0.3, -0.25) is 0 Å². The summed E-state index contributed by atoms with van der Waals surface area (Å²) in [4.78, 5) is 10.7. The van der Waals surface area contributed by atoms with E-state index in [0.717, 1.165) is 19.3 Å². The molecule has 11 heavy (non-hydrogen) atoms. The minimum Gasteiger partial charge on any atom is -0.463 e. The first-order valence-electron chi connectivity index (χ1n) is 4.14. The minimum absolute atomic E-state index is 0.233. The van der Waals surface area contributed by atoms with Gasteiger partial charge in [-0.15, -0.1) is 0 Å². The summed E-state index contributed by atoms with van der Waals surface area (Å²) in [5.41, 5.74) is 0. The maximum atomic E-state index is 10.7. The molecule has 0 spiro atoms. The van der Waals surface area contributed by atoms with Gasteiger partial charge in [0.2, 0.25) is 0 Å². The molecule has 0 rings (SSSR count). The molecule has 0 N–H and O–H groups in total. The number of allylic oxidation sites excluding steroid dienone is 1. The van der Waals surface area contributed by atoms with E-state index < -0.39 is 0 Å². The average Bonchev–Trinajstić information content (AvgIpc) is 1.99. The third kappa shape index (κ3) is 7.10. The van der Waals surface area contributed by atoms with E-state index in [9.17, 15) is 4.79 Å². The van der Waals surface area contributed by atoms with E-state index in [-0.39, 0.29) is 5.97 Å². The number of hydrogen-bond acceptors (Lipinski definition) is 2. The highest BCUT2D eigenvalue weighted by Crippen LogP contribution is 1.94. The van der Waals surface area contributed by atoms with Crippen LogP contribution in [0.15, 0.2) is 12.2 Å². The molecule has 0 fully saturated rings. The molecule has 2 heteroatoms. The highest BCUT2D eigenvalue weighted by molar-refractivity contribution is 5.81. The zero-order valence-electron chi connectivity index (χ0n) is 7.30. The number of unbranched alkanes of at least 4 members (excludes halogenated alkanes) is 2. The maximum absolute atomic E-state index is 10.7. The molecule has 0 aliphatic carbocycles. The monoisotopic (exact) mass is 156 g/mol. The van der Waals surface area contributed by atoms with E-state index in [1.807, 2.05) is 6.08 Å². The van der Waals surface area contributed by atoms with E-state index in [1.165, 1.54) is 6.08 Å². The largest absolute Gasteiger partial charge is 0.463 e. The van der Waals surface area contributed by atoms with Gasteiger partial charge in [0.1, 0.15) is 0 Å². The molecule has 0 amide bonds. The van der Waals surface area contributed by atoms with Gasteiger partial charge >= 0.3 is 5.97 Å². The van der Waals surface area contributed by atoms with Gasteiger partial charge in [0, 0.05) is 6.08 Å². The molecule has 0 heterocycles. The highest BCUT2D eigenvalue weighted by Gasteiger charge is 1.90. The maximum Gasteiger partial charge on any atom is 0.330 e. The molecule has 0 aromatic rings. The molecular weight excluding hydrogens is 140 g/mol. The summed E-state index contributed by atoms with van der Waals surface area (Å²) in [6.45, 7) is 4.38. The lowest BCUT2D eigenvalue weighted by Crippen LogP contribution is -1.98. The zero-order chi connectivity index (χ0) is 8.53. The van der Waals surface area contributed by atoms with Gasteiger partial charge in [0.25, 0.3) is 0 Å². The van der Waals surface area contributed by atoms with Crippen molar-refractivity contribution in [3.05, 3.63) is 12.2 Å². The second kappa shape index (κ2) is 7.32. The third-order valence-corrected chi connectivity index (χ3v) is 1.26. The Morgan fingerprint density at radius 2 is 2.18 bits per heavy atom. The molecule has 0 saturated carbocycles. The fraction of sp³-hybridized carbons (Fsp3) is 0.667. The molecule has 0 aliphatic heterocycles. The Bertz CT molecular complexity index is 128. The lowest BCUT2D eigenvalue weighted by molar-refractivity contribution is -0.137. The fourth-order valence-electron chi connectivity index (χ4n) is 0.692. The van der Waals surface area contributed by atoms with Crippen LogP contribution in [0.25, 0.3) is 0 Å². The van der Waals surface area contributed by atoms with Gasteiger partial charge in [-0.2, -0.15) is 0 Å². The van der Waals surface area contributed by atoms with Crippen molar-refractivity contribution in [1.82, 2.24) is 0 Å². The Labute approximate surface area is 68.2 Å². The van der Waals surface area contributed by atoms with Crippen molar-refractivity contribution in [2.45, 2.75) is 33.1 Å². The Hall–Kier alpha value is -0.790. The SMILES string of the molecule is CCCC/C=C\C(=O)OCC. The lowest BCUT2D eigenvalue weighted by Gasteiger charge is -1.93. The predicted molar refractivity (Wildman–Crippen MR) is 45.3 cm³/mol. The molecule has 2 nitrogen and oxygen atoms in total. The lowest BCUT2D eigenvalue weighted by atomic mass is 10.2. The van der Waals surface area contributed by atoms with E-state index in [0.29, 0.717) is 6.61 Å². The van der Waals surface area contributed by atoms with Crippen LogP contribution in [0.4, 0.5) is 0 Å². The molecule has 0 saturated heterocycles. The fourth-order valence-corrected chi connectivity index (χ4v) is 0.692. The number of ether oxygens (including phenoxy) is 1. The van der Waals surface area contributed by atoms with Crippen LogP contribution in [0, 0.1) is 0 Å². The number of hydrogen-bond donors (Lipinski definition) is 0. The molecule has 0 radical (unpaired) electrons. The summed E-state index contributed by atoms with van der Waals surface area (Å²) < 4.78 is 4.70. The first-order valence-corrected chi connectivity index (χ1v) is 4.14. The van der Waals surface area contributed by atoms with Gasteiger partial charge in [-0.25, -0.2) is 4.79 Å². The summed E-state index contributed by atoms with van der Waals surface area (Å²) in [7, 11) is 0. The van der Waals surface area contributed by atoms with Gasteiger partial charge in [0.05, 0.1) is 6.61 Å². The van der Waals surface area contributed by atoms with Crippen LogP contribution in [-0.2, 0) is 9.53 Å². The van der Waals surface area contributed by atoms with Crippen molar-refractivity contribution in [2.24, 2.45) is 0 Å². The quantitative estimate of drug-likeness (QED) is 0.347. The first kappa shape index (κ1) is 10.2. The summed E-state index contributed by atoms with van der Waals surface area (Å²) in [6, 6.07) is 0. The van der Waals surface area contributed by atoms with E-state index in [2.05, 4.69) is 6.92 Å². The number of esters is 1. The van der Waals surface area contributed by atoms with Crippen molar-refractivity contribution >= 4 is 5.97 Å². The van der Waals surface area contributed by atoms with Gasteiger partial charge in [-0.05, 0) is 13.3 Å².